The van der Waals surface area contributed by atoms with Crippen LogP contribution in [0.1, 0.15) is 24.0 Å². The van der Waals surface area contributed by atoms with Gasteiger partial charge in [0.15, 0.2) is 11.5 Å². The van der Waals surface area contributed by atoms with Gasteiger partial charge in [0.1, 0.15) is 0 Å². The van der Waals surface area contributed by atoms with E-state index < -0.39 is 0 Å². The SMILES string of the molecule is COc1cccc(CN)c1OCCCCc1ccccc1. The number of hydrogen-bond donors (Lipinski definition) is 1. The lowest BCUT2D eigenvalue weighted by Crippen LogP contribution is -2.05. The third kappa shape index (κ3) is 4.50. The summed E-state index contributed by atoms with van der Waals surface area (Å²) in [5.41, 5.74) is 8.10. The molecule has 2 aromatic carbocycles. The minimum Gasteiger partial charge on any atom is -0.493 e. The summed E-state index contributed by atoms with van der Waals surface area (Å²) in [6.07, 6.45) is 3.20. The molecule has 0 saturated heterocycles. The standard InChI is InChI=1S/C18H23NO2/c1-20-17-12-7-11-16(14-19)18(17)21-13-6-5-10-15-8-3-2-4-9-15/h2-4,7-9,11-12H,5-6,10,13-14,19H2,1H3. The van der Waals surface area contributed by atoms with E-state index in [1.807, 2.05) is 24.3 Å². The van der Waals surface area contributed by atoms with E-state index in [2.05, 4.69) is 24.3 Å². The number of unbranched alkanes of at least 4 members (excludes halogenated alkanes) is 1. The molecule has 0 fully saturated rings. The quantitative estimate of drug-likeness (QED) is 0.754. The first-order valence-corrected chi connectivity index (χ1v) is 7.38. The van der Waals surface area contributed by atoms with Gasteiger partial charge in [0.25, 0.3) is 0 Å². The van der Waals surface area contributed by atoms with Gasteiger partial charge in [-0.1, -0.05) is 42.5 Å². The summed E-state index contributed by atoms with van der Waals surface area (Å²) in [5, 5.41) is 0. The Bertz CT molecular complexity index is 518. The highest BCUT2D eigenvalue weighted by Gasteiger charge is 2.08. The van der Waals surface area contributed by atoms with E-state index in [0.29, 0.717) is 13.2 Å². The van der Waals surface area contributed by atoms with Crippen LogP contribution in [0.25, 0.3) is 0 Å². The Kier molecular flexibility index (Phi) is 6.10. The predicted octanol–water partition coefficient (Wildman–Crippen LogP) is 3.56. The molecule has 2 aromatic rings. The zero-order valence-electron chi connectivity index (χ0n) is 12.5. The van der Waals surface area contributed by atoms with Crippen molar-refractivity contribution in [3.63, 3.8) is 0 Å². The fourth-order valence-corrected chi connectivity index (χ4v) is 2.30. The molecule has 0 aliphatic heterocycles. The van der Waals surface area contributed by atoms with E-state index in [-0.39, 0.29) is 0 Å². The van der Waals surface area contributed by atoms with Crippen molar-refractivity contribution in [2.45, 2.75) is 25.8 Å². The summed E-state index contributed by atoms with van der Waals surface area (Å²) >= 11 is 0. The van der Waals surface area contributed by atoms with Crippen LogP contribution in [0.5, 0.6) is 11.5 Å². The first kappa shape index (κ1) is 15.4. The zero-order chi connectivity index (χ0) is 14.9. The highest BCUT2D eigenvalue weighted by molar-refractivity contribution is 5.46. The normalized spacial score (nSPS) is 10.4. The number of benzene rings is 2. The van der Waals surface area contributed by atoms with Crippen LogP contribution >= 0.6 is 0 Å². The van der Waals surface area contributed by atoms with E-state index in [1.54, 1.807) is 7.11 Å². The molecule has 0 aliphatic carbocycles. The average molecular weight is 285 g/mol. The molecule has 0 unspecified atom stereocenters. The summed E-state index contributed by atoms with van der Waals surface area (Å²) in [6.45, 7) is 1.14. The van der Waals surface area contributed by atoms with Gasteiger partial charge >= 0.3 is 0 Å². The summed E-state index contributed by atoms with van der Waals surface area (Å²) < 4.78 is 11.2. The lowest BCUT2D eigenvalue weighted by atomic mass is 10.1. The largest absolute Gasteiger partial charge is 0.493 e. The number of rotatable bonds is 8. The van der Waals surface area contributed by atoms with Crippen molar-refractivity contribution >= 4 is 0 Å². The summed E-state index contributed by atoms with van der Waals surface area (Å²) in [5.74, 6) is 1.53. The first-order valence-electron chi connectivity index (χ1n) is 7.38. The van der Waals surface area contributed by atoms with Gasteiger partial charge in [0.05, 0.1) is 13.7 Å². The minimum absolute atomic E-state index is 0.455. The first-order chi connectivity index (χ1) is 10.3. The van der Waals surface area contributed by atoms with Gasteiger partial charge in [-0.3, -0.25) is 0 Å². The molecule has 3 nitrogen and oxygen atoms in total. The molecule has 0 amide bonds. The molecule has 0 spiro atoms. The maximum Gasteiger partial charge on any atom is 0.165 e. The van der Waals surface area contributed by atoms with Crippen LogP contribution in [0.15, 0.2) is 48.5 Å². The van der Waals surface area contributed by atoms with Crippen molar-refractivity contribution in [3.05, 3.63) is 59.7 Å². The molecule has 0 aromatic heterocycles. The predicted molar refractivity (Wildman–Crippen MR) is 85.8 cm³/mol. The van der Waals surface area contributed by atoms with Gasteiger partial charge in [0.2, 0.25) is 0 Å². The Morgan fingerprint density at radius 2 is 1.76 bits per heavy atom. The third-order valence-electron chi connectivity index (χ3n) is 3.45. The number of aryl methyl sites for hydroxylation is 1. The van der Waals surface area contributed by atoms with Crippen LogP contribution in [0.2, 0.25) is 0 Å². The lowest BCUT2D eigenvalue weighted by molar-refractivity contribution is 0.283. The van der Waals surface area contributed by atoms with Crippen LogP contribution in [-0.4, -0.2) is 13.7 Å². The fourth-order valence-electron chi connectivity index (χ4n) is 2.30. The maximum absolute atomic E-state index is 5.88. The van der Waals surface area contributed by atoms with E-state index in [4.69, 9.17) is 15.2 Å². The van der Waals surface area contributed by atoms with E-state index in [9.17, 15) is 0 Å². The summed E-state index contributed by atoms with van der Waals surface area (Å²) in [7, 11) is 1.65. The Morgan fingerprint density at radius 1 is 0.952 bits per heavy atom. The Morgan fingerprint density at radius 3 is 2.48 bits per heavy atom. The van der Waals surface area contributed by atoms with Gasteiger partial charge in [-0.05, 0) is 30.9 Å². The Hall–Kier alpha value is -2.00. The van der Waals surface area contributed by atoms with Gasteiger partial charge in [-0.15, -0.1) is 0 Å². The van der Waals surface area contributed by atoms with Crippen molar-refractivity contribution in [2.24, 2.45) is 5.73 Å². The number of nitrogens with two attached hydrogens (primary N) is 1. The van der Waals surface area contributed by atoms with E-state index in [0.717, 1.165) is 36.3 Å². The zero-order valence-corrected chi connectivity index (χ0v) is 12.5. The van der Waals surface area contributed by atoms with Crippen molar-refractivity contribution in [1.82, 2.24) is 0 Å². The Labute approximate surface area is 126 Å². The van der Waals surface area contributed by atoms with Gasteiger partial charge < -0.3 is 15.2 Å². The van der Waals surface area contributed by atoms with Crippen LogP contribution in [0.4, 0.5) is 0 Å². The number of hydrogen-bond acceptors (Lipinski definition) is 3. The second-order valence-corrected chi connectivity index (χ2v) is 4.94. The van der Waals surface area contributed by atoms with Crippen molar-refractivity contribution in [1.29, 1.82) is 0 Å². The monoisotopic (exact) mass is 285 g/mol. The maximum atomic E-state index is 5.88. The molecule has 2 rings (SSSR count). The molecule has 0 aliphatic rings. The highest BCUT2D eigenvalue weighted by atomic mass is 16.5. The summed E-state index contributed by atoms with van der Waals surface area (Å²) in [4.78, 5) is 0. The molecule has 0 heterocycles. The van der Waals surface area contributed by atoms with Crippen molar-refractivity contribution in [3.8, 4) is 11.5 Å². The second-order valence-electron chi connectivity index (χ2n) is 4.94. The summed E-state index contributed by atoms with van der Waals surface area (Å²) in [6, 6.07) is 16.3. The minimum atomic E-state index is 0.455. The number of para-hydroxylation sites is 1. The van der Waals surface area contributed by atoms with Crippen LogP contribution in [-0.2, 0) is 13.0 Å². The molecule has 0 radical (unpaired) electrons. The molecule has 0 saturated carbocycles. The lowest BCUT2D eigenvalue weighted by Gasteiger charge is -2.14. The molecular formula is C18H23NO2. The van der Waals surface area contributed by atoms with Gasteiger partial charge in [0, 0.05) is 12.1 Å². The molecule has 3 heteroatoms. The topological polar surface area (TPSA) is 44.5 Å². The van der Waals surface area contributed by atoms with E-state index >= 15 is 0 Å². The van der Waals surface area contributed by atoms with Crippen LogP contribution in [0.3, 0.4) is 0 Å². The van der Waals surface area contributed by atoms with Crippen LogP contribution in [0, 0.1) is 0 Å². The second kappa shape index (κ2) is 8.32. The molecule has 0 bridgehead atoms. The van der Waals surface area contributed by atoms with Gasteiger partial charge in [-0.25, -0.2) is 0 Å². The fraction of sp³-hybridized carbons (Fsp3) is 0.333. The molecule has 112 valence electrons. The average Bonchev–Trinajstić information content (AvgIpc) is 2.55. The molecule has 2 N–H and O–H groups in total. The van der Waals surface area contributed by atoms with Crippen LogP contribution < -0.4 is 15.2 Å². The smallest absolute Gasteiger partial charge is 0.165 e. The van der Waals surface area contributed by atoms with Crippen molar-refractivity contribution in [2.75, 3.05) is 13.7 Å². The van der Waals surface area contributed by atoms with E-state index in [1.165, 1.54) is 5.56 Å². The Balaban J connectivity index is 1.81. The third-order valence-corrected chi connectivity index (χ3v) is 3.45. The number of ether oxygens (including phenoxy) is 2. The number of methoxy groups -OCH3 is 1. The molecule has 21 heavy (non-hydrogen) atoms. The highest BCUT2D eigenvalue weighted by Crippen LogP contribution is 2.30. The molecular weight excluding hydrogens is 262 g/mol. The van der Waals surface area contributed by atoms with Gasteiger partial charge in [-0.2, -0.15) is 0 Å². The van der Waals surface area contributed by atoms with Crippen molar-refractivity contribution < 1.29 is 9.47 Å². The molecule has 0 atom stereocenters.